The van der Waals surface area contributed by atoms with Crippen molar-refractivity contribution >= 4 is 0 Å². The van der Waals surface area contributed by atoms with Gasteiger partial charge in [-0.2, -0.15) is 0 Å². The first-order chi connectivity index (χ1) is 6.72. The smallest absolute Gasteiger partial charge is 0.132 e. The summed E-state index contributed by atoms with van der Waals surface area (Å²) in [7, 11) is 1.49. The summed E-state index contributed by atoms with van der Waals surface area (Å²) in [6, 6.07) is 4.57. The minimum absolute atomic E-state index is 0.248. The van der Waals surface area contributed by atoms with Gasteiger partial charge in [-0.1, -0.05) is 0 Å². The summed E-state index contributed by atoms with van der Waals surface area (Å²) in [4.78, 5) is 0. The third-order valence-electron chi connectivity index (χ3n) is 2.59. The zero-order chi connectivity index (χ0) is 10.1. The van der Waals surface area contributed by atoms with E-state index in [1.165, 1.54) is 13.2 Å². The molecule has 0 radical (unpaired) electrons. The maximum Gasteiger partial charge on any atom is 0.132 e. The minimum Gasteiger partial charge on any atom is -0.497 e. The van der Waals surface area contributed by atoms with Crippen molar-refractivity contribution < 1.29 is 14.2 Å². The molecule has 1 fully saturated rings. The Labute approximate surface area is 82.3 Å². The highest BCUT2D eigenvalue weighted by Gasteiger charge is 2.32. The second-order valence-electron chi connectivity index (χ2n) is 3.67. The van der Waals surface area contributed by atoms with E-state index in [1.807, 2.05) is 0 Å². The maximum absolute atomic E-state index is 13.4. The maximum atomic E-state index is 13.4. The van der Waals surface area contributed by atoms with Gasteiger partial charge in [-0.3, -0.25) is 0 Å². The van der Waals surface area contributed by atoms with Crippen LogP contribution in [0.25, 0.3) is 0 Å². The monoisotopic (exact) mass is 196 g/mol. The number of aliphatic hydroxyl groups is 1. The molecule has 0 spiro atoms. The molecule has 0 heterocycles. The van der Waals surface area contributed by atoms with Crippen molar-refractivity contribution in [3.8, 4) is 5.75 Å². The molecule has 1 saturated carbocycles. The molecule has 1 aliphatic carbocycles. The zero-order valence-electron chi connectivity index (χ0n) is 8.03. The molecule has 2 nitrogen and oxygen atoms in total. The van der Waals surface area contributed by atoms with E-state index in [1.54, 1.807) is 12.1 Å². The second-order valence-corrected chi connectivity index (χ2v) is 3.67. The lowest BCUT2D eigenvalue weighted by Gasteiger charge is -2.11. The fraction of sp³-hybridized carbons (Fsp3) is 0.455. The van der Waals surface area contributed by atoms with Crippen LogP contribution in [-0.2, 0) is 0 Å². The van der Waals surface area contributed by atoms with Gasteiger partial charge < -0.3 is 9.84 Å². The van der Waals surface area contributed by atoms with Crippen LogP contribution in [0, 0.1) is 11.7 Å². The van der Waals surface area contributed by atoms with Gasteiger partial charge in [-0.15, -0.1) is 0 Å². The van der Waals surface area contributed by atoms with Gasteiger partial charge in [0.1, 0.15) is 11.6 Å². The Bertz CT molecular complexity index is 334. The highest BCUT2D eigenvalue weighted by molar-refractivity contribution is 5.30. The van der Waals surface area contributed by atoms with E-state index in [9.17, 15) is 9.50 Å². The Balaban J connectivity index is 2.24. The van der Waals surface area contributed by atoms with Crippen LogP contribution in [0.3, 0.4) is 0 Å². The molecule has 0 bridgehead atoms. The van der Waals surface area contributed by atoms with Crippen molar-refractivity contribution in [1.82, 2.24) is 0 Å². The normalized spacial score (nSPS) is 17.9. The van der Waals surface area contributed by atoms with E-state index in [0.29, 0.717) is 11.3 Å². The Morgan fingerprint density at radius 3 is 2.71 bits per heavy atom. The average Bonchev–Trinajstić information content (AvgIpc) is 3.00. The highest BCUT2D eigenvalue weighted by atomic mass is 19.1. The van der Waals surface area contributed by atoms with Crippen molar-refractivity contribution in [2.24, 2.45) is 5.92 Å². The lowest BCUT2D eigenvalue weighted by atomic mass is 10.0. The van der Waals surface area contributed by atoms with Crippen LogP contribution in [0.5, 0.6) is 5.75 Å². The molecular formula is C11H13FO2. The van der Waals surface area contributed by atoms with Crippen molar-refractivity contribution in [3.63, 3.8) is 0 Å². The van der Waals surface area contributed by atoms with Gasteiger partial charge in [-0.25, -0.2) is 4.39 Å². The average molecular weight is 196 g/mol. The molecule has 1 aromatic carbocycles. The van der Waals surface area contributed by atoms with Crippen LogP contribution in [0.1, 0.15) is 24.5 Å². The van der Waals surface area contributed by atoms with E-state index in [4.69, 9.17) is 4.74 Å². The van der Waals surface area contributed by atoms with Crippen LogP contribution in [-0.4, -0.2) is 12.2 Å². The van der Waals surface area contributed by atoms with Gasteiger partial charge in [0, 0.05) is 11.6 Å². The van der Waals surface area contributed by atoms with Gasteiger partial charge in [0.25, 0.3) is 0 Å². The van der Waals surface area contributed by atoms with Gasteiger partial charge in [0.15, 0.2) is 0 Å². The van der Waals surface area contributed by atoms with Crippen LogP contribution < -0.4 is 4.74 Å². The molecule has 0 saturated heterocycles. The molecule has 0 amide bonds. The third kappa shape index (κ3) is 1.73. The summed E-state index contributed by atoms with van der Waals surface area (Å²) in [6.45, 7) is 0. The lowest BCUT2D eigenvalue weighted by Crippen LogP contribution is -2.02. The summed E-state index contributed by atoms with van der Waals surface area (Å²) < 4.78 is 18.3. The van der Waals surface area contributed by atoms with Crippen LogP contribution >= 0.6 is 0 Å². The summed E-state index contributed by atoms with van der Waals surface area (Å²) in [5.41, 5.74) is 0.383. The SMILES string of the molecule is COc1ccc(C(O)C2CC2)c(F)c1. The number of ether oxygens (including phenoxy) is 1. The highest BCUT2D eigenvalue weighted by Crippen LogP contribution is 2.41. The summed E-state index contributed by atoms with van der Waals surface area (Å²) in [5, 5.41) is 9.72. The molecular weight excluding hydrogens is 183 g/mol. The zero-order valence-corrected chi connectivity index (χ0v) is 8.03. The molecule has 0 aromatic heterocycles. The molecule has 3 heteroatoms. The predicted molar refractivity (Wildman–Crippen MR) is 50.6 cm³/mol. The lowest BCUT2D eigenvalue weighted by molar-refractivity contribution is 0.149. The molecule has 76 valence electrons. The molecule has 1 aromatic rings. The molecule has 1 atom stereocenters. The van der Waals surface area contributed by atoms with Crippen LogP contribution in [0.2, 0.25) is 0 Å². The van der Waals surface area contributed by atoms with E-state index < -0.39 is 6.10 Å². The fourth-order valence-corrected chi connectivity index (χ4v) is 1.54. The predicted octanol–water partition coefficient (Wildman–Crippen LogP) is 2.28. The number of aliphatic hydroxyl groups excluding tert-OH is 1. The number of hydrogen-bond donors (Lipinski definition) is 1. The van der Waals surface area contributed by atoms with Gasteiger partial charge >= 0.3 is 0 Å². The van der Waals surface area contributed by atoms with Gasteiger partial charge in [0.2, 0.25) is 0 Å². The van der Waals surface area contributed by atoms with E-state index in [-0.39, 0.29) is 11.7 Å². The first-order valence-corrected chi connectivity index (χ1v) is 4.74. The number of rotatable bonds is 3. The quantitative estimate of drug-likeness (QED) is 0.803. The topological polar surface area (TPSA) is 29.5 Å². The number of methoxy groups -OCH3 is 1. The van der Waals surface area contributed by atoms with E-state index in [0.717, 1.165) is 12.8 Å². The van der Waals surface area contributed by atoms with Crippen LogP contribution in [0.4, 0.5) is 4.39 Å². The molecule has 0 aliphatic heterocycles. The molecule has 1 N–H and O–H groups in total. The van der Waals surface area contributed by atoms with Gasteiger partial charge in [0.05, 0.1) is 13.2 Å². The van der Waals surface area contributed by atoms with Gasteiger partial charge in [-0.05, 0) is 30.9 Å². The van der Waals surface area contributed by atoms with Crippen molar-refractivity contribution in [2.45, 2.75) is 18.9 Å². The van der Waals surface area contributed by atoms with E-state index >= 15 is 0 Å². The Kier molecular flexibility index (Phi) is 2.42. The first-order valence-electron chi connectivity index (χ1n) is 4.74. The number of benzene rings is 1. The largest absolute Gasteiger partial charge is 0.497 e. The first kappa shape index (κ1) is 9.46. The summed E-state index contributed by atoms with van der Waals surface area (Å²) in [6.07, 6.45) is 1.33. The minimum atomic E-state index is -0.652. The third-order valence-corrected chi connectivity index (χ3v) is 2.59. The Hall–Kier alpha value is -1.09. The molecule has 2 rings (SSSR count). The Morgan fingerprint density at radius 1 is 1.50 bits per heavy atom. The summed E-state index contributed by atoms with van der Waals surface area (Å²) >= 11 is 0. The summed E-state index contributed by atoms with van der Waals surface area (Å²) in [5.74, 6) is 0.343. The number of halogens is 1. The van der Waals surface area contributed by atoms with Crippen molar-refractivity contribution in [1.29, 1.82) is 0 Å². The molecule has 1 unspecified atom stereocenters. The van der Waals surface area contributed by atoms with Crippen LogP contribution in [0.15, 0.2) is 18.2 Å². The van der Waals surface area contributed by atoms with Crippen molar-refractivity contribution in [3.05, 3.63) is 29.6 Å². The number of hydrogen-bond acceptors (Lipinski definition) is 2. The molecule has 14 heavy (non-hydrogen) atoms. The standard InChI is InChI=1S/C11H13FO2/c1-14-8-4-5-9(10(12)6-8)11(13)7-2-3-7/h4-7,11,13H,2-3H2,1H3. The second kappa shape index (κ2) is 3.58. The molecule has 1 aliphatic rings. The van der Waals surface area contributed by atoms with E-state index in [2.05, 4.69) is 0 Å². The fourth-order valence-electron chi connectivity index (χ4n) is 1.54. The van der Waals surface area contributed by atoms with Crippen molar-refractivity contribution in [2.75, 3.05) is 7.11 Å². The Morgan fingerprint density at radius 2 is 2.21 bits per heavy atom.